The topological polar surface area (TPSA) is 34.4 Å². The van der Waals surface area contributed by atoms with E-state index in [1.54, 1.807) is 13.4 Å². The van der Waals surface area contributed by atoms with Crippen molar-refractivity contribution in [3.63, 3.8) is 0 Å². The van der Waals surface area contributed by atoms with Gasteiger partial charge in [0.15, 0.2) is 0 Å². The number of nitrogens with one attached hydrogen (secondary N) is 1. The van der Waals surface area contributed by atoms with Gasteiger partial charge in [-0.05, 0) is 30.7 Å². The largest absolute Gasteiger partial charge is 0.468 e. The number of thioether (sulfide) groups is 1. The molecule has 2 atom stereocenters. The van der Waals surface area contributed by atoms with Crippen molar-refractivity contribution < 1.29 is 9.15 Å². The normalized spacial score (nSPS) is 23.2. The van der Waals surface area contributed by atoms with E-state index < -0.39 is 0 Å². The van der Waals surface area contributed by atoms with Gasteiger partial charge in [0.05, 0.1) is 18.9 Å². The van der Waals surface area contributed by atoms with E-state index in [0.717, 1.165) is 5.76 Å². The standard InChI is InChI=1S/C12H19NO2S/c1-14-8-11(12-5-2-6-15-12)13-10-4-3-7-16-9-10/h2,5-6,10-11,13H,3-4,7-9H2,1H3. The SMILES string of the molecule is COCC(NC1CCCSC1)c1ccco1. The molecule has 0 saturated carbocycles. The van der Waals surface area contributed by atoms with Gasteiger partial charge in [0.25, 0.3) is 0 Å². The van der Waals surface area contributed by atoms with E-state index in [4.69, 9.17) is 9.15 Å². The minimum Gasteiger partial charge on any atom is -0.468 e. The summed E-state index contributed by atoms with van der Waals surface area (Å²) in [4.78, 5) is 0. The fraction of sp³-hybridized carbons (Fsp3) is 0.667. The first kappa shape index (κ1) is 12.0. The van der Waals surface area contributed by atoms with Crippen molar-refractivity contribution in [1.29, 1.82) is 0 Å². The highest BCUT2D eigenvalue weighted by Crippen LogP contribution is 2.21. The average molecular weight is 241 g/mol. The first-order chi connectivity index (χ1) is 7.90. The van der Waals surface area contributed by atoms with Crippen LogP contribution in [0.15, 0.2) is 22.8 Å². The molecule has 0 aliphatic carbocycles. The summed E-state index contributed by atoms with van der Waals surface area (Å²) in [7, 11) is 1.73. The summed E-state index contributed by atoms with van der Waals surface area (Å²) in [5, 5.41) is 3.62. The molecule has 1 fully saturated rings. The molecule has 16 heavy (non-hydrogen) atoms. The predicted octanol–water partition coefficient (Wildman–Crippen LogP) is 2.45. The van der Waals surface area contributed by atoms with Crippen LogP contribution in [0.3, 0.4) is 0 Å². The summed E-state index contributed by atoms with van der Waals surface area (Å²) in [6, 6.07) is 4.70. The number of furan rings is 1. The van der Waals surface area contributed by atoms with E-state index in [0.29, 0.717) is 12.6 Å². The van der Waals surface area contributed by atoms with Crippen LogP contribution in [0.25, 0.3) is 0 Å². The van der Waals surface area contributed by atoms with E-state index >= 15 is 0 Å². The molecule has 4 heteroatoms. The number of methoxy groups -OCH3 is 1. The fourth-order valence-corrected chi connectivity index (χ4v) is 3.11. The van der Waals surface area contributed by atoms with Crippen LogP contribution in [-0.4, -0.2) is 31.3 Å². The lowest BCUT2D eigenvalue weighted by Gasteiger charge is -2.26. The number of ether oxygens (including phenoxy) is 1. The molecule has 90 valence electrons. The highest BCUT2D eigenvalue weighted by atomic mass is 32.2. The molecule has 0 amide bonds. The van der Waals surface area contributed by atoms with Crippen LogP contribution in [0.2, 0.25) is 0 Å². The summed E-state index contributed by atoms with van der Waals surface area (Å²) >= 11 is 2.03. The molecule has 0 radical (unpaired) electrons. The monoisotopic (exact) mass is 241 g/mol. The Morgan fingerprint density at radius 2 is 2.62 bits per heavy atom. The highest BCUT2D eigenvalue weighted by molar-refractivity contribution is 7.99. The van der Waals surface area contributed by atoms with E-state index in [1.807, 2.05) is 23.9 Å². The molecule has 3 nitrogen and oxygen atoms in total. The molecule has 1 saturated heterocycles. The first-order valence-electron chi connectivity index (χ1n) is 5.76. The van der Waals surface area contributed by atoms with Crippen LogP contribution in [0.5, 0.6) is 0 Å². The van der Waals surface area contributed by atoms with Crippen molar-refractivity contribution >= 4 is 11.8 Å². The van der Waals surface area contributed by atoms with Gasteiger partial charge in [0, 0.05) is 18.9 Å². The molecule has 1 N–H and O–H groups in total. The van der Waals surface area contributed by atoms with Gasteiger partial charge >= 0.3 is 0 Å². The van der Waals surface area contributed by atoms with Gasteiger partial charge < -0.3 is 14.5 Å². The average Bonchev–Trinajstić information content (AvgIpc) is 2.83. The number of rotatable bonds is 5. The van der Waals surface area contributed by atoms with Crippen molar-refractivity contribution in [2.75, 3.05) is 25.2 Å². The Morgan fingerprint density at radius 1 is 1.69 bits per heavy atom. The Bertz CT molecular complexity index is 283. The molecule has 0 spiro atoms. The Kier molecular flexibility index (Phi) is 4.75. The van der Waals surface area contributed by atoms with Crippen LogP contribution in [0.4, 0.5) is 0 Å². The minimum absolute atomic E-state index is 0.184. The smallest absolute Gasteiger partial charge is 0.123 e. The zero-order valence-electron chi connectivity index (χ0n) is 9.65. The maximum Gasteiger partial charge on any atom is 0.123 e. The molecule has 1 aromatic rings. The number of hydrogen-bond acceptors (Lipinski definition) is 4. The second-order valence-electron chi connectivity index (χ2n) is 4.10. The van der Waals surface area contributed by atoms with Crippen LogP contribution >= 0.6 is 11.8 Å². The van der Waals surface area contributed by atoms with Crippen LogP contribution in [0, 0.1) is 0 Å². The molecule has 1 aliphatic rings. The van der Waals surface area contributed by atoms with Crippen molar-refractivity contribution in [3.05, 3.63) is 24.2 Å². The maximum absolute atomic E-state index is 5.44. The molecular formula is C12H19NO2S. The van der Waals surface area contributed by atoms with E-state index in [-0.39, 0.29) is 6.04 Å². The molecule has 0 bridgehead atoms. The van der Waals surface area contributed by atoms with Gasteiger partial charge in [-0.15, -0.1) is 0 Å². The molecule has 1 aromatic heterocycles. The van der Waals surface area contributed by atoms with Gasteiger partial charge in [-0.3, -0.25) is 0 Å². The molecule has 0 aromatic carbocycles. The summed E-state index contributed by atoms with van der Waals surface area (Å²) in [6.07, 6.45) is 4.28. The molecule has 1 aliphatic heterocycles. The van der Waals surface area contributed by atoms with Gasteiger partial charge in [0.2, 0.25) is 0 Å². The summed E-state index contributed by atoms with van der Waals surface area (Å²) in [5.74, 6) is 3.46. The third-order valence-electron chi connectivity index (χ3n) is 2.82. The van der Waals surface area contributed by atoms with Gasteiger partial charge in [-0.1, -0.05) is 0 Å². The Balaban J connectivity index is 1.91. The summed E-state index contributed by atoms with van der Waals surface area (Å²) in [6.45, 7) is 0.661. The van der Waals surface area contributed by atoms with E-state index in [1.165, 1.54) is 24.3 Å². The first-order valence-corrected chi connectivity index (χ1v) is 6.91. The van der Waals surface area contributed by atoms with Crippen molar-refractivity contribution in [3.8, 4) is 0 Å². The van der Waals surface area contributed by atoms with Crippen LogP contribution in [-0.2, 0) is 4.74 Å². The highest BCUT2D eigenvalue weighted by Gasteiger charge is 2.20. The second-order valence-corrected chi connectivity index (χ2v) is 5.25. The van der Waals surface area contributed by atoms with Crippen LogP contribution in [0.1, 0.15) is 24.6 Å². The predicted molar refractivity (Wildman–Crippen MR) is 66.8 cm³/mol. The molecule has 2 rings (SSSR count). The van der Waals surface area contributed by atoms with Crippen LogP contribution < -0.4 is 5.32 Å². The van der Waals surface area contributed by atoms with Crippen molar-refractivity contribution in [1.82, 2.24) is 5.32 Å². The van der Waals surface area contributed by atoms with E-state index in [9.17, 15) is 0 Å². The van der Waals surface area contributed by atoms with Gasteiger partial charge in [-0.2, -0.15) is 11.8 Å². The van der Waals surface area contributed by atoms with Crippen molar-refractivity contribution in [2.45, 2.75) is 24.9 Å². The molecule has 2 heterocycles. The van der Waals surface area contributed by atoms with Gasteiger partial charge in [-0.25, -0.2) is 0 Å². The molecular weight excluding hydrogens is 222 g/mol. The minimum atomic E-state index is 0.184. The third kappa shape index (κ3) is 3.27. The zero-order valence-corrected chi connectivity index (χ0v) is 10.5. The number of hydrogen-bond donors (Lipinski definition) is 1. The second kappa shape index (κ2) is 6.33. The summed E-state index contributed by atoms with van der Waals surface area (Å²) < 4.78 is 10.7. The summed E-state index contributed by atoms with van der Waals surface area (Å²) in [5.41, 5.74) is 0. The lowest BCUT2D eigenvalue weighted by molar-refractivity contribution is 0.151. The van der Waals surface area contributed by atoms with Crippen molar-refractivity contribution in [2.24, 2.45) is 0 Å². The van der Waals surface area contributed by atoms with E-state index in [2.05, 4.69) is 5.32 Å². The lowest BCUT2D eigenvalue weighted by atomic mass is 10.1. The quantitative estimate of drug-likeness (QED) is 0.858. The maximum atomic E-state index is 5.44. The Hall–Kier alpha value is -0.450. The Labute approximate surface area is 101 Å². The Morgan fingerprint density at radius 3 is 3.25 bits per heavy atom. The van der Waals surface area contributed by atoms with Gasteiger partial charge in [0.1, 0.15) is 5.76 Å². The zero-order chi connectivity index (χ0) is 11.2. The molecule has 2 unspecified atom stereocenters. The third-order valence-corrected chi connectivity index (χ3v) is 4.03. The fourth-order valence-electron chi connectivity index (χ4n) is 2.03. The lowest BCUT2D eigenvalue weighted by Crippen LogP contribution is -2.38.